The number of likely N-dealkylation sites (tertiary alicyclic amines) is 1. The van der Waals surface area contributed by atoms with E-state index in [1.807, 2.05) is 36.5 Å². The second-order valence-corrected chi connectivity index (χ2v) is 6.34. The van der Waals surface area contributed by atoms with E-state index in [0.29, 0.717) is 31.3 Å². The molecule has 1 fully saturated rings. The van der Waals surface area contributed by atoms with E-state index in [1.54, 1.807) is 17.0 Å². The zero-order valence-electron chi connectivity index (χ0n) is 13.4. The van der Waals surface area contributed by atoms with Gasteiger partial charge in [-0.1, -0.05) is 30.3 Å². The lowest BCUT2D eigenvalue weighted by Gasteiger charge is -2.46. The monoisotopic (exact) mass is 333 g/mol. The van der Waals surface area contributed by atoms with Gasteiger partial charge in [-0.05, 0) is 12.1 Å². The number of benzene rings is 1. The van der Waals surface area contributed by atoms with Gasteiger partial charge in [0.1, 0.15) is 5.60 Å². The Morgan fingerprint density at radius 1 is 1.12 bits per heavy atom. The lowest BCUT2D eigenvalue weighted by molar-refractivity contribution is -0.127. The van der Waals surface area contributed by atoms with Gasteiger partial charge in [0, 0.05) is 17.3 Å². The van der Waals surface area contributed by atoms with Crippen LogP contribution in [-0.2, 0) is 16.9 Å². The molecule has 1 amide bonds. The highest BCUT2D eigenvalue weighted by molar-refractivity contribution is 5.92. The molecule has 0 saturated carbocycles. The normalized spacial score (nSPS) is 17.4. The zero-order chi connectivity index (χ0) is 16.9. The summed E-state index contributed by atoms with van der Waals surface area (Å²) in [4.78, 5) is 23.2. The molecule has 1 saturated heterocycles. The first-order chi connectivity index (χ1) is 12.3. The minimum atomic E-state index is -0.479. The maximum atomic E-state index is 12.3. The summed E-state index contributed by atoms with van der Waals surface area (Å²) in [5, 5.41) is 0. The van der Waals surface area contributed by atoms with Crippen molar-refractivity contribution in [3.05, 3.63) is 71.9 Å². The molecule has 6 nitrogen and oxygen atoms in total. The standard InChI is InChI=1S/C19H15N3O3/c23-18(16-7-4-8-24-16)22-11-19(12-22)14-9-20-17(21-15(14)10-25-19)13-5-2-1-3-6-13/h1-9H,10-12H2. The number of aromatic nitrogens is 2. The molecular weight excluding hydrogens is 318 g/mol. The molecule has 0 bridgehead atoms. The molecule has 1 aromatic carbocycles. The van der Waals surface area contributed by atoms with Crippen LogP contribution in [0.25, 0.3) is 11.4 Å². The Bertz CT molecular complexity index is 932. The van der Waals surface area contributed by atoms with Crippen LogP contribution in [0, 0.1) is 0 Å². The van der Waals surface area contributed by atoms with Crippen LogP contribution in [0.2, 0.25) is 0 Å². The van der Waals surface area contributed by atoms with E-state index in [1.165, 1.54) is 6.26 Å². The number of rotatable bonds is 2. The molecule has 4 heterocycles. The first kappa shape index (κ1) is 14.4. The van der Waals surface area contributed by atoms with Crippen molar-refractivity contribution in [3.8, 4) is 11.4 Å². The number of amides is 1. The molecule has 2 aliphatic heterocycles. The fourth-order valence-electron chi connectivity index (χ4n) is 3.45. The number of furan rings is 1. The summed E-state index contributed by atoms with van der Waals surface area (Å²) in [5.41, 5.74) is 2.39. The second-order valence-electron chi connectivity index (χ2n) is 6.34. The fourth-order valence-corrected chi connectivity index (χ4v) is 3.45. The summed E-state index contributed by atoms with van der Waals surface area (Å²) in [7, 11) is 0. The van der Waals surface area contributed by atoms with Gasteiger partial charge in [0.2, 0.25) is 0 Å². The van der Waals surface area contributed by atoms with Crippen molar-refractivity contribution in [2.75, 3.05) is 13.1 Å². The van der Waals surface area contributed by atoms with Crippen LogP contribution in [0.1, 0.15) is 21.8 Å². The SMILES string of the molecule is O=C(c1ccco1)N1CC2(C1)OCc1nc(-c3ccccc3)ncc12. The Labute approximate surface area is 144 Å². The van der Waals surface area contributed by atoms with Gasteiger partial charge in [-0.2, -0.15) is 0 Å². The summed E-state index contributed by atoms with van der Waals surface area (Å²) in [6.07, 6.45) is 3.34. The summed E-state index contributed by atoms with van der Waals surface area (Å²) >= 11 is 0. The van der Waals surface area contributed by atoms with E-state index in [4.69, 9.17) is 9.15 Å². The number of carbonyl (C=O) groups is 1. The van der Waals surface area contributed by atoms with Gasteiger partial charge in [0.15, 0.2) is 11.6 Å². The van der Waals surface area contributed by atoms with Crippen LogP contribution in [0.5, 0.6) is 0 Å². The van der Waals surface area contributed by atoms with Crippen molar-refractivity contribution in [1.29, 1.82) is 0 Å². The van der Waals surface area contributed by atoms with Crippen molar-refractivity contribution < 1.29 is 13.9 Å². The van der Waals surface area contributed by atoms with E-state index in [-0.39, 0.29) is 5.91 Å². The molecule has 0 radical (unpaired) electrons. The molecule has 2 aliphatic rings. The average molecular weight is 333 g/mol. The van der Waals surface area contributed by atoms with E-state index < -0.39 is 5.60 Å². The van der Waals surface area contributed by atoms with Gasteiger partial charge < -0.3 is 14.1 Å². The first-order valence-electron chi connectivity index (χ1n) is 8.14. The van der Waals surface area contributed by atoms with E-state index in [9.17, 15) is 4.79 Å². The molecule has 124 valence electrons. The third-order valence-electron chi connectivity index (χ3n) is 4.79. The number of fused-ring (bicyclic) bond motifs is 2. The predicted octanol–water partition coefficient (Wildman–Crippen LogP) is 2.62. The van der Waals surface area contributed by atoms with Crippen molar-refractivity contribution in [3.63, 3.8) is 0 Å². The van der Waals surface area contributed by atoms with E-state index in [0.717, 1.165) is 16.8 Å². The van der Waals surface area contributed by atoms with Crippen LogP contribution in [-0.4, -0.2) is 33.9 Å². The molecule has 3 aromatic rings. The van der Waals surface area contributed by atoms with Crippen LogP contribution in [0.4, 0.5) is 0 Å². The fraction of sp³-hybridized carbons (Fsp3) is 0.211. The predicted molar refractivity (Wildman–Crippen MR) is 88.5 cm³/mol. The third kappa shape index (κ3) is 2.18. The largest absolute Gasteiger partial charge is 0.459 e. The molecule has 6 heteroatoms. The number of carbonyl (C=O) groups excluding carboxylic acids is 1. The molecular formula is C19H15N3O3. The van der Waals surface area contributed by atoms with Gasteiger partial charge in [-0.25, -0.2) is 9.97 Å². The summed E-state index contributed by atoms with van der Waals surface area (Å²) in [6.45, 7) is 1.43. The number of hydrogen-bond donors (Lipinski definition) is 0. The number of nitrogens with zero attached hydrogens (tertiary/aromatic N) is 3. The Morgan fingerprint density at radius 3 is 2.72 bits per heavy atom. The van der Waals surface area contributed by atoms with E-state index in [2.05, 4.69) is 9.97 Å². The van der Waals surface area contributed by atoms with Crippen molar-refractivity contribution in [2.45, 2.75) is 12.2 Å². The Hall–Kier alpha value is -2.99. The zero-order valence-corrected chi connectivity index (χ0v) is 13.4. The van der Waals surface area contributed by atoms with Gasteiger partial charge in [-0.3, -0.25) is 4.79 Å². The molecule has 5 rings (SSSR count). The lowest BCUT2D eigenvalue weighted by atomic mass is 9.87. The maximum Gasteiger partial charge on any atom is 0.289 e. The Morgan fingerprint density at radius 2 is 1.96 bits per heavy atom. The van der Waals surface area contributed by atoms with Crippen molar-refractivity contribution in [2.24, 2.45) is 0 Å². The summed E-state index contributed by atoms with van der Waals surface area (Å²) in [6, 6.07) is 13.3. The number of ether oxygens (including phenoxy) is 1. The summed E-state index contributed by atoms with van der Waals surface area (Å²) < 4.78 is 11.2. The molecule has 0 atom stereocenters. The van der Waals surface area contributed by atoms with E-state index >= 15 is 0 Å². The Balaban J connectivity index is 1.39. The average Bonchev–Trinajstić information content (AvgIpc) is 3.28. The molecule has 2 aromatic heterocycles. The van der Waals surface area contributed by atoms with Gasteiger partial charge in [-0.15, -0.1) is 0 Å². The smallest absolute Gasteiger partial charge is 0.289 e. The highest BCUT2D eigenvalue weighted by Gasteiger charge is 2.53. The van der Waals surface area contributed by atoms with Crippen LogP contribution >= 0.6 is 0 Å². The highest BCUT2D eigenvalue weighted by Crippen LogP contribution is 2.43. The quantitative estimate of drug-likeness (QED) is 0.721. The molecule has 0 unspecified atom stereocenters. The molecule has 0 aliphatic carbocycles. The second kappa shape index (κ2) is 5.26. The minimum Gasteiger partial charge on any atom is -0.459 e. The van der Waals surface area contributed by atoms with Crippen LogP contribution < -0.4 is 0 Å². The minimum absolute atomic E-state index is 0.116. The lowest BCUT2D eigenvalue weighted by Crippen LogP contribution is -2.61. The first-order valence-corrected chi connectivity index (χ1v) is 8.14. The third-order valence-corrected chi connectivity index (χ3v) is 4.79. The van der Waals surface area contributed by atoms with Crippen molar-refractivity contribution in [1.82, 2.24) is 14.9 Å². The highest BCUT2D eigenvalue weighted by atomic mass is 16.5. The topological polar surface area (TPSA) is 68.5 Å². The number of hydrogen-bond acceptors (Lipinski definition) is 5. The maximum absolute atomic E-state index is 12.3. The summed E-state index contributed by atoms with van der Waals surface area (Å²) in [5.74, 6) is 0.932. The van der Waals surface area contributed by atoms with Crippen molar-refractivity contribution >= 4 is 5.91 Å². The van der Waals surface area contributed by atoms with Gasteiger partial charge in [0.25, 0.3) is 5.91 Å². The van der Waals surface area contributed by atoms with Gasteiger partial charge in [0.05, 0.1) is 31.7 Å². The van der Waals surface area contributed by atoms with Crippen LogP contribution in [0.15, 0.2) is 59.3 Å². The van der Waals surface area contributed by atoms with Gasteiger partial charge >= 0.3 is 0 Å². The molecule has 1 spiro atoms. The van der Waals surface area contributed by atoms with Crippen LogP contribution in [0.3, 0.4) is 0 Å². The molecule has 25 heavy (non-hydrogen) atoms. The Kier molecular flexibility index (Phi) is 3.02. The molecule has 0 N–H and O–H groups in total.